The third kappa shape index (κ3) is 3.77. The van der Waals surface area contributed by atoms with Crippen LogP contribution in [0.3, 0.4) is 0 Å². The van der Waals surface area contributed by atoms with Gasteiger partial charge in [-0.05, 0) is 24.3 Å². The van der Waals surface area contributed by atoms with Gasteiger partial charge < -0.3 is 19.7 Å². The second kappa shape index (κ2) is 7.51. The van der Waals surface area contributed by atoms with Crippen molar-refractivity contribution in [3.8, 4) is 5.75 Å². The standard InChI is InChI=1S/C17H18ClN3O3/c1-23-16-3-2-13(9-15(16)18)20-14-8-12(10-19-11-14)17(22)21-4-6-24-7-5-21/h2-3,8-11,20H,4-7H2,1H3. The van der Waals surface area contributed by atoms with Gasteiger partial charge in [0.15, 0.2) is 0 Å². The van der Waals surface area contributed by atoms with E-state index in [1.165, 1.54) is 0 Å². The van der Waals surface area contributed by atoms with Crippen LogP contribution in [0.4, 0.5) is 11.4 Å². The largest absolute Gasteiger partial charge is 0.495 e. The number of aromatic nitrogens is 1. The minimum Gasteiger partial charge on any atom is -0.495 e. The van der Waals surface area contributed by atoms with Gasteiger partial charge >= 0.3 is 0 Å². The van der Waals surface area contributed by atoms with Gasteiger partial charge in [0.2, 0.25) is 0 Å². The van der Waals surface area contributed by atoms with E-state index in [0.717, 1.165) is 11.4 Å². The van der Waals surface area contributed by atoms with E-state index >= 15 is 0 Å². The molecular weight excluding hydrogens is 330 g/mol. The molecule has 1 saturated heterocycles. The number of carbonyl (C=O) groups excluding carboxylic acids is 1. The molecule has 0 unspecified atom stereocenters. The zero-order valence-electron chi connectivity index (χ0n) is 13.3. The molecule has 0 saturated carbocycles. The highest BCUT2D eigenvalue weighted by atomic mass is 35.5. The number of rotatable bonds is 4. The first kappa shape index (κ1) is 16.5. The third-order valence-electron chi connectivity index (χ3n) is 3.72. The van der Waals surface area contributed by atoms with Crippen LogP contribution < -0.4 is 10.1 Å². The Hall–Kier alpha value is -2.31. The van der Waals surface area contributed by atoms with Crippen molar-refractivity contribution in [2.24, 2.45) is 0 Å². The average Bonchev–Trinajstić information content (AvgIpc) is 2.62. The van der Waals surface area contributed by atoms with Crippen LogP contribution in [0.2, 0.25) is 5.02 Å². The average molecular weight is 348 g/mol. The number of pyridine rings is 1. The molecule has 3 rings (SSSR count). The van der Waals surface area contributed by atoms with Crippen LogP contribution in [-0.2, 0) is 4.74 Å². The van der Waals surface area contributed by atoms with Gasteiger partial charge in [-0.2, -0.15) is 0 Å². The Kier molecular flexibility index (Phi) is 5.17. The van der Waals surface area contributed by atoms with Gasteiger partial charge in [0.25, 0.3) is 5.91 Å². The third-order valence-corrected chi connectivity index (χ3v) is 4.02. The van der Waals surface area contributed by atoms with Gasteiger partial charge in [0, 0.05) is 25.0 Å². The summed E-state index contributed by atoms with van der Waals surface area (Å²) in [5, 5.41) is 3.71. The second-order valence-electron chi connectivity index (χ2n) is 5.34. The Bertz CT molecular complexity index is 733. The summed E-state index contributed by atoms with van der Waals surface area (Å²) < 4.78 is 10.4. The normalized spacial score (nSPS) is 14.3. The molecular formula is C17H18ClN3O3. The molecule has 1 amide bonds. The molecule has 1 fully saturated rings. The van der Waals surface area contributed by atoms with Crippen molar-refractivity contribution < 1.29 is 14.3 Å². The van der Waals surface area contributed by atoms with Crippen LogP contribution >= 0.6 is 11.6 Å². The Morgan fingerprint density at radius 2 is 2.04 bits per heavy atom. The number of nitrogens with zero attached hydrogens (tertiary/aromatic N) is 2. The molecule has 6 nitrogen and oxygen atoms in total. The number of carbonyl (C=O) groups is 1. The highest BCUT2D eigenvalue weighted by Crippen LogP contribution is 2.28. The molecule has 1 aliphatic rings. The quantitative estimate of drug-likeness (QED) is 0.921. The van der Waals surface area contributed by atoms with Gasteiger partial charge in [-0.25, -0.2) is 0 Å². The minimum atomic E-state index is -0.0396. The van der Waals surface area contributed by atoms with Crippen molar-refractivity contribution in [2.75, 3.05) is 38.7 Å². The number of ether oxygens (including phenoxy) is 2. The summed E-state index contributed by atoms with van der Waals surface area (Å²) in [6.45, 7) is 2.35. The summed E-state index contributed by atoms with van der Waals surface area (Å²) in [6, 6.07) is 7.17. The van der Waals surface area contributed by atoms with Crippen molar-refractivity contribution in [2.45, 2.75) is 0 Å². The Morgan fingerprint density at radius 1 is 1.25 bits per heavy atom. The van der Waals surface area contributed by atoms with Crippen LogP contribution in [0.15, 0.2) is 36.7 Å². The first-order valence-electron chi connectivity index (χ1n) is 7.60. The zero-order valence-corrected chi connectivity index (χ0v) is 14.0. The number of nitrogens with one attached hydrogen (secondary N) is 1. The predicted molar refractivity (Wildman–Crippen MR) is 92.2 cm³/mol. The van der Waals surface area contributed by atoms with Crippen LogP contribution in [0.5, 0.6) is 5.75 Å². The summed E-state index contributed by atoms with van der Waals surface area (Å²) in [7, 11) is 1.57. The van der Waals surface area contributed by atoms with Crippen molar-refractivity contribution in [3.63, 3.8) is 0 Å². The number of methoxy groups -OCH3 is 1. The van der Waals surface area contributed by atoms with E-state index in [-0.39, 0.29) is 5.91 Å². The van der Waals surface area contributed by atoms with Gasteiger partial charge in [0.1, 0.15) is 5.75 Å². The molecule has 1 aliphatic heterocycles. The molecule has 0 bridgehead atoms. The minimum absolute atomic E-state index is 0.0396. The fourth-order valence-corrected chi connectivity index (χ4v) is 2.74. The molecule has 0 aliphatic carbocycles. The number of hydrogen-bond donors (Lipinski definition) is 1. The summed E-state index contributed by atoms with van der Waals surface area (Å²) in [5.41, 5.74) is 2.05. The number of amides is 1. The SMILES string of the molecule is COc1ccc(Nc2cncc(C(=O)N3CCOCC3)c2)cc1Cl. The van der Waals surface area contributed by atoms with Crippen molar-refractivity contribution in [3.05, 3.63) is 47.2 Å². The van der Waals surface area contributed by atoms with Crippen molar-refractivity contribution in [1.82, 2.24) is 9.88 Å². The predicted octanol–water partition coefficient (Wildman–Crippen LogP) is 2.96. The maximum Gasteiger partial charge on any atom is 0.255 e. The Balaban J connectivity index is 1.75. The van der Waals surface area contributed by atoms with Crippen LogP contribution in [0.25, 0.3) is 0 Å². The lowest BCUT2D eigenvalue weighted by Gasteiger charge is -2.26. The lowest BCUT2D eigenvalue weighted by atomic mass is 10.2. The first-order chi connectivity index (χ1) is 11.7. The van der Waals surface area contributed by atoms with E-state index in [1.807, 2.05) is 6.07 Å². The fourth-order valence-electron chi connectivity index (χ4n) is 2.49. The van der Waals surface area contributed by atoms with E-state index in [4.69, 9.17) is 21.1 Å². The molecule has 2 heterocycles. The van der Waals surface area contributed by atoms with Crippen LogP contribution in [0.1, 0.15) is 10.4 Å². The highest BCUT2D eigenvalue weighted by molar-refractivity contribution is 6.32. The topological polar surface area (TPSA) is 63.7 Å². The van der Waals surface area contributed by atoms with E-state index in [9.17, 15) is 4.79 Å². The first-order valence-corrected chi connectivity index (χ1v) is 7.98. The Labute approximate surface area is 145 Å². The molecule has 0 radical (unpaired) electrons. The van der Waals surface area contributed by atoms with E-state index < -0.39 is 0 Å². The van der Waals surface area contributed by atoms with E-state index in [1.54, 1.807) is 42.6 Å². The number of hydrogen-bond acceptors (Lipinski definition) is 5. The number of morpholine rings is 1. The maximum absolute atomic E-state index is 12.5. The summed E-state index contributed by atoms with van der Waals surface area (Å²) >= 11 is 6.13. The number of benzene rings is 1. The van der Waals surface area contributed by atoms with Gasteiger partial charge in [-0.3, -0.25) is 9.78 Å². The molecule has 1 aromatic carbocycles. The molecule has 1 aromatic heterocycles. The van der Waals surface area contributed by atoms with Gasteiger partial charge in [-0.1, -0.05) is 11.6 Å². The van der Waals surface area contributed by atoms with E-state index in [2.05, 4.69) is 10.3 Å². The monoisotopic (exact) mass is 347 g/mol. The maximum atomic E-state index is 12.5. The van der Waals surface area contributed by atoms with Crippen LogP contribution in [0, 0.1) is 0 Å². The van der Waals surface area contributed by atoms with Gasteiger partial charge in [0.05, 0.1) is 42.8 Å². The Morgan fingerprint density at radius 3 is 2.75 bits per heavy atom. The second-order valence-corrected chi connectivity index (χ2v) is 5.75. The zero-order chi connectivity index (χ0) is 16.9. The lowest BCUT2D eigenvalue weighted by Crippen LogP contribution is -2.40. The molecule has 0 atom stereocenters. The fraction of sp³-hybridized carbons (Fsp3) is 0.294. The molecule has 0 spiro atoms. The molecule has 126 valence electrons. The molecule has 1 N–H and O–H groups in total. The number of anilines is 2. The number of halogens is 1. The summed E-state index contributed by atoms with van der Waals surface area (Å²) in [5.74, 6) is 0.568. The smallest absolute Gasteiger partial charge is 0.255 e. The van der Waals surface area contributed by atoms with Crippen molar-refractivity contribution in [1.29, 1.82) is 0 Å². The molecule has 24 heavy (non-hydrogen) atoms. The molecule has 7 heteroatoms. The summed E-state index contributed by atoms with van der Waals surface area (Å²) in [4.78, 5) is 18.4. The van der Waals surface area contributed by atoms with E-state index in [0.29, 0.717) is 42.6 Å². The highest BCUT2D eigenvalue weighted by Gasteiger charge is 2.19. The van der Waals surface area contributed by atoms with Crippen LogP contribution in [-0.4, -0.2) is 49.2 Å². The van der Waals surface area contributed by atoms with Crippen molar-refractivity contribution >= 4 is 28.9 Å². The van der Waals surface area contributed by atoms with Gasteiger partial charge in [-0.15, -0.1) is 0 Å². The summed E-state index contributed by atoms with van der Waals surface area (Å²) in [6.07, 6.45) is 3.23. The lowest BCUT2D eigenvalue weighted by molar-refractivity contribution is 0.0302. The molecule has 2 aromatic rings.